The van der Waals surface area contributed by atoms with Crippen molar-refractivity contribution in [2.45, 2.75) is 6.92 Å². The Hall–Kier alpha value is -2.68. The summed E-state index contributed by atoms with van der Waals surface area (Å²) in [5.41, 5.74) is 5.34. The molecule has 2 aromatic carbocycles. The van der Waals surface area contributed by atoms with E-state index in [2.05, 4.69) is 16.2 Å². The minimum Gasteiger partial charge on any atom is -0.494 e. The SMILES string of the molecule is CCOc1cccc(C(=O)NC(=S)NNC(=O)c2sc3ccccc3c2Cl)c1. The third-order valence-corrected chi connectivity index (χ3v) is 5.54. The molecule has 2 amide bonds. The highest BCUT2D eigenvalue weighted by Crippen LogP contribution is 2.34. The van der Waals surface area contributed by atoms with Gasteiger partial charge in [0.2, 0.25) is 0 Å². The minimum absolute atomic E-state index is 0.0441. The zero-order valence-corrected chi connectivity index (χ0v) is 17.1. The Kier molecular flexibility index (Phi) is 6.45. The zero-order valence-electron chi connectivity index (χ0n) is 14.7. The van der Waals surface area contributed by atoms with E-state index in [1.54, 1.807) is 24.3 Å². The normalized spacial score (nSPS) is 10.4. The van der Waals surface area contributed by atoms with Crippen LogP contribution in [0.1, 0.15) is 27.0 Å². The van der Waals surface area contributed by atoms with E-state index in [0.717, 1.165) is 10.1 Å². The number of hydrogen-bond acceptors (Lipinski definition) is 5. The first-order valence-corrected chi connectivity index (χ1v) is 9.91. The van der Waals surface area contributed by atoms with Crippen molar-refractivity contribution in [3.63, 3.8) is 0 Å². The fourth-order valence-electron chi connectivity index (χ4n) is 2.43. The first kappa shape index (κ1) is 20.1. The van der Waals surface area contributed by atoms with E-state index in [4.69, 9.17) is 28.6 Å². The van der Waals surface area contributed by atoms with Gasteiger partial charge in [-0.05, 0) is 43.4 Å². The van der Waals surface area contributed by atoms with Crippen molar-refractivity contribution in [2.24, 2.45) is 0 Å². The molecule has 0 saturated heterocycles. The maximum atomic E-state index is 12.4. The molecule has 0 fully saturated rings. The Balaban J connectivity index is 1.59. The van der Waals surface area contributed by atoms with E-state index in [0.29, 0.717) is 27.8 Å². The van der Waals surface area contributed by atoms with Crippen molar-refractivity contribution in [1.82, 2.24) is 16.2 Å². The van der Waals surface area contributed by atoms with Crippen LogP contribution >= 0.6 is 35.2 Å². The van der Waals surface area contributed by atoms with E-state index in [-0.39, 0.29) is 5.11 Å². The summed E-state index contributed by atoms with van der Waals surface area (Å²) < 4.78 is 6.27. The van der Waals surface area contributed by atoms with Crippen molar-refractivity contribution in [1.29, 1.82) is 0 Å². The first-order chi connectivity index (χ1) is 13.5. The summed E-state index contributed by atoms with van der Waals surface area (Å²) in [4.78, 5) is 25.0. The largest absolute Gasteiger partial charge is 0.494 e. The number of benzene rings is 2. The molecule has 144 valence electrons. The number of carbonyl (C=O) groups is 2. The number of halogens is 1. The second-order valence-electron chi connectivity index (χ2n) is 5.56. The van der Waals surface area contributed by atoms with Gasteiger partial charge in [0.05, 0.1) is 11.6 Å². The Morgan fingerprint density at radius 2 is 1.89 bits per heavy atom. The first-order valence-electron chi connectivity index (χ1n) is 8.31. The van der Waals surface area contributed by atoms with Gasteiger partial charge in [-0.25, -0.2) is 0 Å². The van der Waals surface area contributed by atoms with Gasteiger partial charge in [-0.15, -0.1) is 11.3 Å². The van der Waals surface area contributed by atoms with Crippen LogP contribution in [0.5, 0.6) is 5.75 Å². The second kappa shape index (κ2) is 9.01. The molecule has 0 aliphatic rings. The highest BCUT2D eigenvalue weighted by atomic mass is 35.5. The van der Waals surface area contributed by atoms with Gasteiger partial charge in [-0.2, -0.15) is 0 Å². The van der Waals surface area contributed by atoms with Crippen LogP contribution in [-0.4, -0.2) is 23.5 Å². The standard InChI is InChI=1S/C19H16ClN3O3S2/c1-2-26-12-7-5-6-11(10-12)17(24)21-19(27)23-22-18(25)16-15(20)13-8-3-4-9-14(13)28-16/h3-10H,2H2,1H3,(H,22,25)(H2,21,23,24,27). The average molecular weight is 434 g/mol. The molecule has 0 radical (unpaired) electrons. The van der Waals surface area contributed by atoms with E-state index in [1.807, 2.05) is 31.2 Å². The van der Waals surface area contributed by atoms with Gasteiger partial charge in [0, 0.05) is 15.6 Å². The lowest BCUT2D eigenvalue weighted by Gasteiger charge is -2.11. The van der Waals surface area contributed by atoms with Gasteiger partial charge in [-0.3, -0.25) is 25.8 Å². The Morgan fingerprint density at radius 1 is 1.11 bits per heavy atom. The molecule has 6 nitrogen and oxygen atoms in total. The van der Waals surface area contributed by atoms with Crippen molar-refractivity contribution in [3.8, 4) is 5.75 Å². The Morgan fingerprint density at radius 3 is 2.64 bits per heavy atom. The smallest absolute Gasteiger partial charge is 0.281 e. The van der Waals surface area contributed by atoms with Crippen LogP contribution in [0.15, 0.2) is 48.5 Å². The molecule has 0 unspecified atom stereocenters. The predicted molar refractivity (Wildman–Crippen MR) is 115 cm³/mol. The number of thiophene rings is 1. The molecular weight excluding hydrogens is 418 g/mol. The lowest BCUT2D eigenvalue weighted by atomic mass is 10.2. The second-order valence-corrected chi connectivity index (χ2v) is 7.40. The molecule has 0 atom stereocenters. The number of hydrazine groups is 1. The van der Waals surface area contributed by atoms with Gasteiger partial charge in [0.1, 0.15) is 10.6 Å². The molecule has 3 rings (SSSR count). The van der Waals surface area contributed by atoms with Crippen molar-refractivity contribution in [2.75, 3.05) is 6.61 Å². The molecule has 28 heavy (non-hydrogen) atoms. The Bertz CT molecular complexity index is 1050. The number of ether oxygens (including phenoxy) is 1. The number of carbonyl (C=O) groups excluding carboxylic acids is 2. The molecule has 9 heteroatoms. The fraction of sp³-hybridized carbons (Fsp3) is 0.105. The van der Waals surface area contributed by atoms with Crippen LogP contribution in [0.25, 0.3) is 10.1 Å². The number of fused-ring (bicyclic) bond motifs is 1. The molecule has 0 bridgehead atoms. The van der Waals surface area contributed by atoms with E-state index in [1.165, 1.54) is 11.3 Å². The van der Waals surface area contributed by atoms with Gasteiger partial charge in [0.25, 0.3) is 11.8 Å². The van der Waals surface area contributed by atoms with Crippen molar-refractivity contribution < 1.29 is 14.3 Å². The molecule has 0 spiro atoms. The molecule has 3 aromatic rings. The quantitative estimate of drug-likeness (QED) is 0.429. The maximum Gasteiger partial charge on any atom is 0.281 e. The highest BCUT2D eigenvalue weighted by molar-refractivity contribution is 7.80. The van der Waals surface area contributed by atoms with Gasteiger partial charge >= 0.3 is 0 Å². The topological polar surface area (TPSA) is 79.5 Å². The minimum atomic E-state index is -0.443. The molecule has 1 heterocycles. The summed E-state index contributed by atoms with van der Waals surface area (Å²) in [5, 5.41) is 3.64. The van der Waals surface area contributed by atoms with Crippen LogP contribution in [-0.2, 0) is 0 Å². The fourth-order valence-corrected chi connectivity index (χ4v) is 3.99. The van der Waals surface area contributed by atoms with Crippen LogP contribution < -0.4 is 20.9 Å². The van der Waals surface area contributed by atoms with Gasteiger partial charge < -0.3 is 4.74 Å². The summed E-state index contributed by atoms with van der Waals surface area (Å²) in [6, 6.07) is 14.2. The number of hydrogen-bond donors (Lipinski definition) is 3. The van der Waals surface area contributed by atoms with Gasteiger partial charge in [0.15, 0.2) is 5.11 Å². The Labute approximate surface area is 175 Å². The van der Waals surface area contributed by atoms with Crippen LogP contribution in [0.3, 0.4) is 0 Å². The van der Waals surface area contributed by atoms with Crippen molar-refractivity contribution in [3.05, 3.63) is 64.0 Å². The van der Waals surface area contributed by atoms with Crippen LogP contribution in [0, 0.1) is 0 Å². The molecular formula is C19H16ClN3O3S2. The van der Waals surface area contributed by atoms with E-state index in [9.17, 15) is 9.59 Å². The summed E-state index contributed by atoms with van der Waals surface area (Å²) in [7, 11) is 0. The zero-order chi connectivity index (χ0) is 20.1. The van der Waals surface area contributed by atoms with E-state index >= 15 is 0 Å². The number of rotatable bonds is 4. The molecule has 1 aromatic heterocycles. The van der Waals surface area contributed by atoms with Gasteiger partial charge in [-0.1, -0.05) is 35.9 Å². The molecule has 3 N–H and O–H groups in total. The van der Waals surface area contributed by atoms with Crippen molar-refractivity contribution >= 4 is 62.2 Å². The highest BCUT2D eigenvalue weighted by Gasteiger charge is 2.17. The third kappa shape index (κ3) is 4.59. The molecule has 0 aliphatic carbocycles. The average Bonchev–Trinajstić information content (AvgIpc) is 3.03. The molecule has 0 saturated carbocycles. The predicted octanol–water partition coefficient (Wildman–Crippen LogP) is 3.90. The monoisotopic (exact) mass is 433 g/mol. The summed E-state index contributed by atoms with van der Waals surface area (Å²) >= 11 is 12.6. The van der Waals surface area contributed by atoms with Crippen LogP contribution in [0.4, 0.5) is 0 Å². The number of amides is 2. The van der Waals surface area contributed by atoms with E-state index < -0.39 is 11.8 Å². The summed E-state index contributed by atoms with van der Waals surface area (Å²) in [5.74, 6) is -0.281. The maximum absolute atomic E-state index is 12.4. The number of nitrogens with one attached hydrogen (secondary N) is 3. The third-order valence-electron chi connectivity index (χ3n) is 3.66. The van der Waals surface area contributed by atoms with Crippen LogP contribution in [0.2, 0.25) is 5.02 Å². The summed E-state index contributed by atoms with van der Waals surface area (Å²) in [6.07, 6.45) is 0. The number of thiocarbonyl (C=S) groups is 1. The lowest BCUT2D eigenvalue weighted by Crippen LogP contribution is -2.48. The summed E-state index contributed by atoms with van der Waals surface area (Å²) in [6.45, 7) is 2.36. The lowest BCUT2D eigenvalue weighted by molar-refractivity contribution is 0.0938. The molecule has 0 aliphatic heterocycles.